The van der Waals surface area contributed by atoms with Crippen LogP contribution in [0.25, 0.3) is 6.08 Å². The van der Waals surface area contributed by atoms with Gasteiger partial charge in [0.05, 0.1) is 0 Å². The van der Waals surface area contributed by atoms with Gasteiger partial charge < -0.3 is 5.73 Å². The zero-order valence-electron chi connectivity index (χ0n) is 11.5. The van der Waals surface area contributed by atoms with Crippen molar-refractivity contribution in [3.8, 4) is 0 Å². The van der Waals surface area contributed by atoms with Crippen LogP contribution in [-0.4, -0.2) is 7.05 Å². The molecule has 94 valence electrons. The SMILES string of the molecule is C=Cc1cc(CCC)c(CC)s1.CC.CN. The third-order valence-electron chi connectivity index (χ3n) is 1.96. The summed E-state index contributed by atoms with van der Waals surface area (Å²) < 4.78 is 0. The number of nitrogens with two attached hydrogens (primary N) is 1. The van der Waals surface area contributed by atoms with Crippen LogP contribution in [0.15, 0.2) is 12.6 Å². The highest BCUT2D eigenvalue weighted by Crippen LogP contribution is 2.24. The predicted octanol–water partition coefficient (Wildman–Crippen LogP) is 4.51. The monoisotopic (exact) mass is 241 g/mol. The topological polar surface area (TPSA) is 26.0 Å². The number of rotatable bonds is 4. The lowest BCUT2D eigenvalue weighted by atomic mass is 10.1. The first-order valence-corrected chi connectivity index (χ1v) is 6.95. The average Bonchev–Trinajstić information content (AvgIpc) is 2.77. The molecule has 1 aromatic rings. The van der Waals surface area contributed by atoms with Crippen LogP contribution in [0.4, 0.5) is 0 Å². The zero-order valence-corrected chi connectivity index (χ0v) is 12.3. The van der Waals surface area contributed by atoms with Gasteiger partial charge in [0.2, 0.25) is 0 Å². The van der Waals surface area contributed by atoms with Crippen molar-refractivity contribution >= 4 is 17.4 Å². The van der Waals surface area contributed by atoms with Gasteiger partial charge in [0.1, 0.15) is 0 Å². The minimum Gasteiger partial charge on any atom is -0.333 e. The Bertz CT molecular complexity index is 264. The Morgan fingerprint density at radius 3 is 2.25 bits per heavy atom. The fraction of sp³-hybridized carbons (Fsp3) is 0.571. The standard InChI is InChI=1S/C11H16S.C2H6.CH5N/c1-4-7-9-8-10(5-2)12-11(9)6-3;2*1-2/h5,8H,2,4,6-7H2,1,3H3;1-2H3;2H2,1H3. The van der Waals surface area contributed by atoms with Crippen molar-refractivity contribution in [3.05, 3.63) is 28.0 Å². The maximum atomic E-state index is 4.50. The van der Waals surface area contributed by atoms with E-state index < -0.39 is 0 Å². The largest absolute Gasteiger partial charge is 0.333 e. The summed E-state index contributed by atoms with van der Waals surface area (Å²) in [7, 11) is 1.50. The molecule has 0 fully saturated rings. The zero-order chi connectivity index (χ0) is 13.0. The Morgan fingerprint density at radius 1 is 1.31 bits per heavy atom. The summed E-state index contributed by atoms with van der Waals surface area (Å²) in [6.07, 6.45) is 5.56. The average molecular weight is 241 g/mol. The molecule has 1 nitrogen and oxygen atoms in total. The van der Waals surface area contributed by atoms with E-state index in [-0.39, 0.29) is 0 Å². The molecule has 16 heavy (non-hydrogen) atoms. The lowest BCUT2D eigenvalue weighted by Gasteiger charge is -1.96. The molecule has 1 heterocycles. The van der Waals surface area contributed by atoms with Crippen molar-refractivity contribution in [2.24, 2.45) is 5.73 Å². The molecule has 0 aromatic carbocycles. The highest BCUT2D eigenvalue weighted by molar-refractivity contribution is 7.13. The third kappa shape index (κ3) is 6.09. The van der Waals surface area contributed by atoms with Gasteiger partial charge in [0, 0.05) is 9.75 Å². The van der Waals surface area contributed by atoms with Crippen LogP contribution in [0.2, 0.25) is 0 Å². The van der Waals surface area contributed by atoms with Crippen molar-refractivity contribution in [2.75, 3.05) is 7.05 Å². The number of aryl methyl sites for hydroxylation is 2. The molecule has 0 aliphatic heterocycles. The summed E-state index contributed by atoms with van der Waals surface area (Å²) in [6, 6.07) is 2.28. The molecule has 0 bridgehead atoms. The van der Waals surface area contributed by atoms with Crippen LogP contribution in [0.5, 0.6) is 0 Å². The van der Waals surface area contributed by atoms with Crippen molar-refractivity contribution in [1.82, 2.24) is 0 Å². The molecular formula is C14H27NS. The quantitative estimate of drug-likeness (QED) is 0.825. The van der Waals surface area contributed by atoms with Gasteiger partial charge in [-0.2, -0.15) is 0 Å². The van der Waals surface area contributed by atoms with Crippen LogP contribution >= 0.6 is 11.3 Å². The Kier molecular flexibility index (Phi) is 13.9. The van der Waals surface area contributed by atoms with Crippen LogP contribution in [0.3, 0.4) is 0 Å². The van der Waals surface area contributed by atoms with Gasteiger partial charge in [-0.15, -0.1) is 11.3 Å². The third-order valence-corrected chi connectivity index (χ3v) is 3.27. The van der Waals surface area contributed by atoms with Crippen LogP contribution < -0.4 is 5.73 Å². The second-order valence-corrected chi connectivity index (χ2v) is 4.07. The van der Waals surface area contributed by atoms with Crippen LogP contribution in [0.1, 0.15) is 49.4 Å². The minimum atomic E-state index is 1.16. The molecule has 0 radical (unpaired) electrons. The van der Waals surface area contributed by atoms with E-state index in [0.29, 0.717) is 0 Å². The molecular weight excluding hydrogens is 214 g/mol. The Morgan fingerprint density at radius 2 is 1.88 bits per heavy atom. The van der Waals surface area contributed by atoms with Gasteiger partial charge in [-0.05, 0) is 31.5 Å². The highest BCUT2D eigenvalue weighted by Gasteiger charge is 2.03. The van der Waals surface area contributed by atoms with E-state index in [1.807, 2.05) is 31.3 Å². The fourth-order valence-electron chi connectivity index (χ4n) is 1.37. The number of hydrogen-bond donors (Lipinski definition) is 1. The first-order valence-electron chi connectivity index (χ1n) is 6.13. The maximum Gasteiger partial charge on any atom is 0.0270 e. The van der Waals surface area contributed by atoms with E-state index in [1.54, 1.807) is 0 Å². The van der Waals surface area contributed by atoms with E-state index >= 15 is 0 Å². The molecule has 0 aliphatic carbocycles. The second kappa shape index (κ2) is 12.5. The summed E-state index contributed by atoms with van der Waals surface area (Å²) in [5, 5.41) is 0. The molecule has 2 heteroatoms. The molecule has 0 aliphatic rings. The lowest BCUT2D eigenvalue weighted by molar-refractivity contribution is 0.910. The van der Waals surface area contributed by atoms with Gasteiger partial charge in [-0.25, -0.2) is 0 Å². The molecule has 0 saturated heterocycles. The Hall–Kier alpha value is -0.600. The highest BCUT2D eigenvalue weighted by atomic mass is 32.1. The van der Waals surface area contributed by atoms with Gasteiger partial charge in [-0.1, -0.05) is 46.8 Å². The van der Waals surface area contributed by atoms with Crippen molar-refractivity contribution in [3.63, 3.8) is 0 Å². The summed E-state index contributed by atoms with van der Waals surface area (Å²) >= 11 is 1.88. The van der Waals surface area contributed by atoms with Crippen molar-refractivity contribution in [1.29, 1.82) is 0 Å². The number of hydrogen-bond acceptors (Lipinski definition) is 2. The predicted molar refractivity (Wildman–Crippen MR) is 79.2 cm³/mol. The maximum absolute atomic E-state index is 4.50. The van der Waals surface area contributed by atoms with E-state index in [4.69, 9.17) is 0 Å². The summed E-state index contributed by atoms with van der Waals surface area (Å²) in [6.45, 7) is 12.2. The molecule has 1 rings (SSSR count). The van der Waals surface area contributed by atoms with Crippen molar-refractivity contribution in [2.45, 2.75) is 47.0 Å². The Balaban J connectivity index is 0. The van der Waals surface area contributed by atoms with Gasteiger partial charge in [-0.3, -0.25) is 0 Å². The lowest BCUT2D eigenvalue weighted by Crippen LogP contribution is -1.84. The normalized spacial score (nSPS) is 8.38. The molecule has 2 N–H and O–H groups in total. The van der Waals surface area contributed by atoms with Crippen LogP contribution in [-0.2, 0) is 12.8 Å². The smallest absolute Gasteiger partial charge is 0.0270 e. The Labute approximate surface area is 105 Å². The molecule has 1 aromatic heterocycles. The summed E-state index contributed by atoms with van der Waals surface area (Å²) in [5.41, 5.74) is 6.03. The van der Waals surface area contributed by atoms with Crippen LogP contribution in [0, 0.1) is 0 Å². The first-order chi connectivity index (χ1) is 7.81. The molecule has 0 spiro atoms. The molecule has 0 atom stereocenters. The second-order valence-electron chi connectivity index (χ2n) is 2.90. The van der Waals surface area contributed by atoms with Crippen molar-refractivity contribution < 1.29 is 0 Å². The molecule has 0 saturated carbocycles. The van der Waals surface area contributed by atoms with E-state index in [0.717, 1.165) is 6.42 Å². The van der Waals surface area contributed by atoms with E-state index in [2.05, 4.69) is 32.2 Å². The first kappa shape index (κ1) is 17.8. The summed E-state index contributed by atoms with van der Waals surface area (Å²) in [4.78, 5) is 2.85. The van der Waals surface area contributed by atoms with Gasteiger partial charge in [0.25, 0.3) is 0 Å². The minimum absolute atomic E-state index is 1.16. The molecule has 0 unspecified atom stereocenters. The molecule has 0 amide bonds. The number of thiophene rings is 1. The van der Waals surface area contributed by atoms with E-state index in [9.17, 15) is 0 Å². The van der Waals surface area contributed by atoms with Gasteiger partial charge in [0.15, 0.2) is 0 Å². The van der Waals surface area contributed by atoms with Gasteiger partial charge >= 0.3 is 0 Å². The fourth-order valence-corrected chi connectivity index (χ4v) is 2.38. The van der Waals surface area contributed by atoms with E-state index in [1.165, 1.54) is 35.2 Å². The summed E-state index contributed by atoms with van der Waals surface area (Å²) in [5.74, 6) is 0.